The summed E-state index contributed by atoms with van der Waals surface area (Å²) >= 11 is 1.67. The first kappa shape index (κ1) is 16.3. The highest BCUT2D eigenvalue weighted by Crippen LogP contribution is 2.20. The lowest BCUT2D eigenvalue weighted by Gasteiger charge is -2.32. The first-order chi connectivity index (χ1) is 10.1. The Morgan fingerprint density at radius 3 is 2.67 bits per heavy atom. The topological polar surface area (TPSA) is 58.6 Å². The summed E-state index contributed by atoms with van der Waals surface area (Å²) in [7, 11) is 0. The van der Waals surface area contributed by atoms with Gasteiger partial charge in [-0.1, -0.05) is 17.7 Å². The van der Waals surface area contributed by atoms with Gasteiger partial charge in [-0.15, -0.1) is 11.8 Å². The highest BCUT2D eigenvalue weighted by atomic mass is 32.2. The number of rotatable bonds is 6. The molecule has 0 bridgehead atoms. The minimum atomic E-state index is -0.794. The Morgan fingerprint density at radius 2 is 2.00 bits per heavy atom. The number of ether oxygens (including phenoxy) is 1. The van der Waals surface area contributed by atoms with E-state index in [2.05, 4.69) is 36.5 Å². The van der Waals surface area contributed by atoms with Gasteiger partial charge in [0.1, 0.15) is 0 Å². The van der Waals surface area contributed by atoms with Crippen LogP contribution in [0.4, 0.5) is 0 Å². The van der Waals surface area contributed by atoms with E-state index in [1.807, 2.05) is 0 Å². The van der Waals surface area contributed by atoms with Gasteiger partial charge in [-0.05, 0) is 19.1 Å². The van der Waals surface area contributed by atoms with Crippen LogP contribution < -0.4 is 5.32 Å². The third-order valence-electron chi connectivity index (χ3n) is 3.66. The summed E-state index contributed by atoms with van der Waals surface area (Å²) in [5.74, 6) is 0.741. The minimum absolute atomic E-state index is 0.00507. The van der Waals surface area contributed by atoms with Gasteiger partial charge in [0.05, 0.1) is 5.60 Å². The number of thioether (sulfide) groups is 1. The molecule has 0 aliphatic carbocycles. The second-order valence-corrected chi connectivity index (χ2v) is 6.69. The number of nitrogens with one attached hydrogen (secondary N) is 1. The largest absolute Gasteiger partial charge is 0.388 e. The van der Waals surface area contributed by atoms with Crippen molar-refractivity contribution >= 4 is 17.7 Å². The monoisotopic (exact) mass is 309 g/mol. The smallest absolute Gasteiger partial charge is 0.220 e. The summed E-state index contributed by atoms with van der Waals surface area (Å²) in [6, 6.07) is 8.29. The van der Waals surface area contributed by atoms with Gasteiger partial charge in [0.25, 0.3) is 0 Å². The Kier molecular flexibility index (Phi) is 6.08. The summed E-state index contributed by atoms with van der Waals surface area (Å²) < 4.78 is 5.22. The van der Waals surface area contributed by atoms with Crippen LogP contribution in [0.15, 0.2) is 29.2 Å². The van der Waals surface area contributed by atoms with Crippen molar-refractivity contribution in [2.75, 3.05) is 25.5 Å². The summed E-state index contributed by atoms with van der Waals surface area (Å²) in [5, 5.41) is 13.1. The molecule has 21 heavy (non-hydrogen) atoms. The third-order valence-corrected chi connectivity index (χ3v) is 4.67. The lowest BCUT2D eigenvalue weighted by molar-refractivity contribution is -0.123. The summed E-state index contributed by atoms with van der Waals surface area (Å²) in [6.07, 6.45) is 1.64. The fourth-order valence-electron chi connectivity index (χ4n) is 2.18. The van der Waals surface area contributed by atoms with Gasteiger partial charge in [-0.25, -0.2) is 0 Å². The molecule has 0 radical (unpaired) electrons. The van der Waals surface area contributed by atoms with Crippen molar-refractivity contribution < 1.29 is 14.6 Å². The van der Waals surface area contributed by atoms with Crippen LogP contribution in [0.1, 0.15) is 24.8 Å². The molecule has 4 nitrogen and oxygen atoms in total. The maximum Gasteiger partial charge on any atom is 0.220 e. The van der Waals surface area contributed by atoms with Gasteiger partial charge >= 0.3 is 0 Å². The Hall–Kier alpha value is -1.04. The molecule has 116 valence electrons. The van der Waals surface area contributed by atoms with Gasteiger partial charge in [0, 0.05) is 49.7 Å². The first-order valence-electron chi connectivity index (χ1n) is 7.34. The van der Waals surface area contributed by atoms with E-state index in [0.717, 1.165) is 5.75 Å². The summed E-state index contributed by atoms with van der Waals surface area (Å²) in [4.78, 5) is 13.0. The summed E-state index contributed by atoms with van der Waals surface area (Å²) in [6.45, 7) is 3.51. The van der Waals surface area contributed by atoms with Gasteiger partial charge < -0.3 is 15.2 Å². The number of benzene rings is 1. The lowest BCUT2D eigenvalue weighted by atomic mass is 9.94. The molecule has 0 unspecified atom stereocenters. The van der Waals surface area contributed by atoms with Crippen molar-refractivity contribution in [3.8, 4) is 0 Å². The molecular formula is C16H23NO3S. The van der Waals surface area contributed by atoms with E-state index in [1.54, 1.807) is 11.8 Å². The van der Waals surface area contributed by atoms with E-state index in [0.29, 0.717) is 39.0 Å². The quantitative estimate of drug-likeness (QED) is 0.791. The van der Waals surface area contributed by atoms with E-state index < -0.39 is 5.60 Å². The second kappa shape index (κ2) is 7.82. The van der Waals surface area contributed by atoms with Crippen LogP contribution in [0, 0.1) is 6.92 Å². The van der Waals surface area contributed by atoms with E-state index >= 15 is 0 Å². The van der Waals surface area contributed by atoms with Gasteiger partial charge in [-0.3, -0.25) is 4.79 Å². The maximum absolute atomic E-state index is 11.8. The SMILES string of the molecule is Cc1ccc(SCCC(=O)NCC2(O)CCOCC2)cc1. The average Bonchev–Trinajstić information content (AvgIpc) is 2.48. The molecule has 0 saturated carbocycles. The van der Waals surface area contributed by atoms with Crippen molar-refractivity contribution in [2.45, 2.75) is 36.7 Å². The Morgan fingerprint density at radius 1 is 1.33 bits per heavy atom. The first-order valence-corrected chi connectivity index (χ1v) is 8.32. The van der Waals surface area contributed by atoms with Gasteiger partial charge in [0.15, 0.2) is 0 Å². The average molecular weight is 309 g/mol. The van der Waals surface area contributed by atoms with Crippen molar-refractivity contribution in [1.82, 2.24) is 5.32 Å². The highest BCUT2D eigenvalue weighted by molar-refractivity contribution is 7.99. The molecule has 1 aliphatic heterocycles. The fourth-order valence-corrected chi connectivity index (χ4v) is 3.03. The Balaban J connectivity index is 1.64. The minimum Gasteiger partial charge on any atom is -0.388 e. The maximum atomic E-state index is 11.8. The molecule has 2 N–H and O–H groups in total. The van der Waals surface area contributed by atoms with Gasteiger partial charge in [-0.2, -0.15) is 0 Å². The molecule has 1 amide bonds. The zero-order valence-corrected chi connectivity index (χ0v) is 13.2. The second-order valence-electron chi connectivity index (χ2n) is 5.52. The van der Waals surface area contributed by atoms with E-state index in [-0.39, 0.29) is 5.91 Å². The van der Waals surface area contributed by atoms with Crippen molar-refractivity contribution in [3.63, 3.8) is 0 Å². The molecule has 1 aromatic rings. The third kappa shape index (κ3) is 5.69. The molecule has 1 aliphatic rings. The summed E-state index contributed by atoms with van der Waals surface area (Å²) in [5.41, 5.74) is 0.444. The number of aryl methyl sites for hydroxylation is 1. The zero-order valence-electron chi connectivity index (χ0n) is 12.4. The zero-order chi connectivity index (χ0) is 15.1. The fraction of sp³-hybridized carbons (Fsp3) is 0.562. The van der Waals surface area contributed by atoms with Crippen LogP contribution in [0.25, 0.3) is 0 Å². The molecule has 1 heterocycles. The van der Waals surface area contributed by atoms with Crippen LogP contribution in [0.2, 0.25) is 0 Å². The number of aliphatic hydroxyl groups is 1. The van der Waals surface area contributed by atoms with E-state index in [4.69, 9.17) is 4.74 Å². The van der Waals surface area contributed by atoms with E-state index in [1.165, 1.54) is 10.5 Å². The number of carbonyl (C=O) groups is 1. The Bertz CT molecular complexity index is 455. The van der Waals surface area contributed by atoms with Crippen LogP contribution in [-0.4, -0.2) is 42.1 Å². The molecule has 2 rings (SSSR count). The molecule has 0 aromatic heterocycles. The van der Waals surface area contributed by atoms with Crippen molar-refractivity contribution in [1.29, 1.82) is 0 Å². The van der Waals surface area contributed by atoms with Crippen LogP contribution >= 0.6 is 11.8 Å². The van der Waals surface area contributed by atoms with Crippen molar-refractivity contribution in [2.24, 2.45) is 0 Å². The molecule has 0 atom stereocenters. The van der Waals surface area contributed by atoms with E-state index in [9.17, 15) is 9.90 Å². The number of amides is 1. The number of hydrogen-bond donors (Lipinski definition) is 2. The predicted octanol–water partition coefficient (Wildman–Crippen LogP) is 2.13. The molecule has 5 heteroatoms. The molecular weight excluding hydrogens is 286 g/mol. The standard InChI is InChI=1S/C16H23NO3S/c1-13-2-4-14(5-3-13)21-11-6-15(18)17-12-16(19)7-9-20-10-8-16/h2-5,19H,6-12H2,1H3,(H,17,18). The van der Waals surface area contributed by atoms with Crippen LogP contribution in [-0.2, 0) is 9.53 Å². The molecule has 0 spiro atoms. The molecule has 1 fully saturated rings. The molecule has 1 saturated heterocycles. The van der Waals surface area contributed by atoms with Crippen LogP contribution in [0.5, 0.6) is 0 Å². The number of carbonyl (C=O) groups excluding carboxylic acids is 1. The van der Waals surface area contributed by atoms with Crippen LogP contribution in [0.3, 0.4) is 0 Å². The van der Waals surface area contributed by atoms with Gasteiger partial charge in [0.2, 0.25) is 5.91 Å². The number of hydrogen-bond acceptors (Lipinski definition) is 4. The molecule has 1 aromatic carbocycles. The highest BCUT2D eigenvalue weighted by Gasteiger charge is 2.29. The predicted molar refractivity (Wildman–Crippen MR) is 84.5 cm³/mol. The normalized spacial score (nSPS) is 17.4. The Labute approximate surface area is 130 Å². The van der Waals surface area contributed by atoms with Crippen molar-refractivity contribution in [3.05, 3.63) is 29.8 Å². The lowest BCUT2D eigenvalue weighted by Crippen LogP contribution is -2.46.